The number of ether oxygens (including phenoxy) is 3. The van der Waals surface area contributed by atoms with Crippen LogP contribution in [0.25, 0.3) is 5.65 Å². The zero-order valence-corrected chi connectivity index (χ0v) is 23.1. The van der Waals surface area contributed by atoms with E-state index in [1.54, 1.807) is 24.4 Å². The average molecular weight is 559 g/mol. The summed E-state index contributed by atoms with van der Waals surface area (Å²) in [5.74, 6) is 0.150. The van der Waals surface area contributed by atoms with Crippen molar-refractivity contribution in [2.45, 2.75) is 43.9 Å². The van der Waals surface area contributed by atoms with Gasteiger partial charge in [-0.25, -0.2) is 0 Å². The molecule has 1 aromatic carbocycles. The Morgan fingerprint density at radius 2 is 1.85 bits per heavy atom. The molecule has 11 nitrogen and oxygen atoms in total. The maximum Gasteiger partial charge on any atom is 0.277 e. The van der Waals surface area contributed by atoms with Gasteiger partial charge in [0.05, 0.1) is 23.6 Å². The summed E-state index contributed by atoms with van der Waals surface area (Å²) < 4.78 is 41.4. The van der Waals surface area contributed by atoms with E-state index in [1.165, 1.54) is 42.9 Å². The van der Waals surface area contributed by atoms with Gasteiger partial charge in [-0.15, -0.1) is 0 Å². The Kier molecular flexibility index (Phi) is 7.72. The molecule has 0 aliphatic carbocycles. The second kappa shape index (κ2) is 11.0. The molecule has 1 amide bonds. The number of fused-ring (bicyclic) bond motifs is 2. The Morgan fingerprint density at radius 1 is 1.08 bits per heavy atom. The molecule has 0 saturated carbocycles. The van der Waals surface area contributed by atoms with Crippen LogP contribution in [0.5, 0.6) is 17.4 Å². The monoisotopic (exact) mass is 558 g/mol. The summed E-state index contributed by atoms with van der Waals surface area (Å²) in [4.78, 5) is 33.1. The summed E-state index contributed by atoms with van der Waals surface area (Å²) >= 11 is 0. The second-order valence-corrected chi connectivity index (χ2v) is 11.9. The Hall–Kier alpha value is -3.32. The van der Waals surface area contributed by atoms with Crippen molar-refractivity contribution < 1.29 is 28.1 Å². The summed E-state index contributed by atoms with van der Waals surface area (Å²) in [5.41, 5.74) is 0.745. The molecular formula is C27H34N4O7S. The molecule has 12 heteroatoms. The topological polar surface area (TPSA) is 126 Å². The number of rotatable bonds is 9. The number of amides is 1. The molecule has 0 atom stereocenters. The van der Waals surface area contributed by atoms with E-state index in [9.17, 15) is 18.7 Å². The molecule has 2 aliphatic rings. The maximum absolute atomic E-state index is 13.3. The zero-order chi connectivity index (χ0) is 27.7. The molecule has 5 rings (SSSR count). The van der Waals surface area contributed by atoms with E-state index in [0.29, 0.717) is 23.7 Å². The molecule has 0 unspecified atom stereocenters. The highest BCUT2D eigenvalue weighted by atomic mass is 32.3. The van der Waals surface area contributed by atoms with Crippen molar-refractivity contribution in [3.8, 4) is 17.4 Å². The number of nitrogens with zero attached hydrogens (tertiary/aromatic N) is 4. The van der Waals surface area contributed by atoms with Crippen LogP contribution in [0.4, 0.5) is 0 Å². The third kappa shape index (κ3) is 5.29. The molecule has 210 valence electrons. The minimum Gasteiger partial charge on any atom is -0.497 e. The van der Waals surface area contributed by atoms with Crippen molar-refractivity contribution in [3.05, 3.63) is 58.0 Å². The lowest BCUT2D eigenvalue weighted by atomic mass is 9.96. The van der Waals surface area contributed by atoms with Crippen LogP contribution in [-0.2, 0) is 0 Å². The summed E-state index contributed by atoms with van der Waals surface area (Å²) in [6.07, 6.45) is 5.22. The Balaban J connectivity index is 1.36. The summed E-state index contributed by atoms with van der Waals surface area (Å²) in [6.45, 7) is 6.63. The highest BCUT2D eigenvalue weighted by Gasteiger charge is 2.44. The summed E-state index contributed by atoms with van der Waals surface area (Å²) in [7, 11) is -2.22. The van der Waals surface area contributed by atoms with Gasteiger partial charge in [-0.05, 0) is 55.6 Å². The van der Waals surface area contributed by atoms with E-state index in [1.807, 2.05) is 13.8 Å². The number of carbonyl (C=O) groups is 1. The lowest BCUT2D eigenvalue weighted by molar-refractivity contribution is 0.0770. The highest BCUT2D eigenvalue weighted by Crippen LogP contribution is 2.60. The van der Waals surface area contributed by atoms with Crippen molar-refractivity contribution in [1.29, 1.82) is 0 Å². The molecule has 3 aromatic rings. The van der Waals surface area contributed by atoms with Gasteiger partial charge in [-0.2, -0.15) is 9.29 Å². The van der Waals surface area contributed by atoms with Crippen molar-refractivity contribution >= 4 is 22.3 Å². The first-order valence-corrected chi connectivity index (χ1v) is 14.5. The number of benzene rings is 1. The lowest BCUT2D eigenvalue weighted by Crippen LogP contribution is -2.33. The van der Waals surface area contributed by atoms with Gasteiger partial charge in [0.1, 0.15) is 12.4 Å². The van der Waals surface area contributed by atoms with Gasteiger partial charge in [0, 0.05) is 18.8 Å². The molecule has 2 aromatic heterocycles. The van der Waals surface area contributed by atoms with Gasteiger partial charge in [-0.3, -0.25) is 28.0 Å². The highest BCUT2D eigenvalue weighted by molar-refractivity contribution is 8.23. The fourth-order valence-corrected chi connectivity index (χ4v) is 6.49. The molecule has 2 aliphatic heterocycles. The van der Waals surface area contributed by atoms with Crippen molar-refractivity contribution in [2.24, 2.45) is 0 Å². The number of carbonyl (C=O) groups excluding carboxylic acids is 1. The number of methoxy groups -OCH3 is 1. The van der Waals surface area contributed by atoms with Crippen LogP contribution in [-0.4, -0.2) is 73.7 Å². The quantitative estimate of drug-likeness (QED) is 0.397. The number of aromatic nitrogens is 2. The molecule has 0 spiro atoms. The van der Waals surface area contributed by atoms with Gasteiger partial charge < -0.3 is 14.2 Å². The molecule has 1 saturated heterocycles. The lowest BCUT2D eigenvalue weighted by Gasteiger charge is -2.36. The molecule has 1 fully saturated rings. The largest absolute Gasteiger partial charge is 0.497 e. The van der Waals surface area contributed by atoms with Crippen LogP contribution in [0.15, 0.2) is 46.2 Å². The van der Waals surface area contributed by atoms with Crippen LogP contribution in [0.3, 0.4) is 0 Å². The third-order valence-electron chi connectivity index (χ3n) is 7.08. The Bertz CT molecular complexity index is 1440. The number of likely N-dealkylation sites (tertiary alicyclic amines) is 1. The minimum atomic E-state index is -3.70. The number of hydrogen-bond acceptors (Lipinski definition) is 9. The first-order valence-electron chi connectivity index (χ1n) is 13.0. The van der Waals surface area contributed by atoms with Crippen LogP contribution in [0, 0.1) is 0 Å². The number of hydrogen-bond donors (Lipinski definition) is 2. The molecular weight excluding hydrogens is 524 g/mol. The van der Waals surface area contributed by atoms with Crippen molar-refractivity contribution in [2.75, 3.05) is 40.1 Å². The van der Waals surface area contributed by atoms with Crippen LogP contribution in [0.1, 0.15) is 54.9 Å². The summed E-state index contributed by atoms with van der Waals surface area (Å²) in [5, 5.41) is 0. The Labute approximate surface area is 228 Å². The van der Waals surface area contributed by atoms with Crippen LogP contribution >= 0.6 is 10.8 Å². The van der Waals surface area contributed by atoms with E-state index >= 15 is 0 Å². The van der Waals surface area contributed by atoms with Gasteiger partial charge >= 0.3 is 0 Å². The van der Waals surface area contributed by atoms with Crippen molar-refractivity contribution in [1.82, 2.24) is 18.6 Å². The first kappa shape index (κ1) is 27.3. The first-order chi connectivity index (χ1) is 18.7. The zero-order valence-electron chi connectivity index (χ0n) is 22.3. The van der Waals surface area contributed by atoms with Gasteiger partial charge in [-0.1, -0.05) is 31.0 Å². The fourth-order valence-electron chi connectivity index (χ4n) is 4.98. The van der Waals surface area contributed by atoms with E-state index in [2.05, 4.69) is 9.88 Å². The third-order valence-corrected chi connectivity index (χ3v) is 8.88. The van der Waals surface area contributed by atoms with E-state index in [0.717, 1.165) is 23.9 Å². The standard InChI is InChI=1S/C27H34N4O7S/c1-18(2)20-14-19(36-3)15-22-25(20)27(33)31(39(22,34)35)17-38-23-16-24(32)30-11-7-8-21(26(30)28-23)37-13-12-29-9-5-4-6-10-29/h7-8,11,14-16,18,34-35H,4-6,9-10,12-13,17H2,1-3H3. The predicted molar refractivity (Wildman–Crippen MR) is 147 cm³/mol. The minimum absolute atomic E-state index is 0.0623. The summed E-state index contributed by atoms with van der Waals surface area (Å²) in [6, 6.07) is 7.82. The molecule has 39 heavy (non-hydrogen) atoms. The molecule has 0 radical (unpaired) electrons. The Morgan fingerprint density at radius 3 is 2.56 bits per heavy atom. The second-order valence-electron chi connectivity index (χ2n) is 9.97. The SMILES string of the molecule is COc1cc(C(C)C)c2c(c1)S(O)(O)N(COc1cc(=O)n3cccc(OCCN4CCCCC4)c3n1)C2=O. The smallest absolute Gasteiger partial charge is 0.277 e. The number of pyridine rings is 1. The molecule has 4 heterocycles. The van der Waals surface area contributed by atoms with Crippen molar-refractivity contribution in [3.63, 3.8) is 0 Å². The van der Waals surface area contributed by atoms with Gasteiger partial charge in [0.15, 0.2) is 18.1 Å². The molecule has 0 bridgehead atoms. The number of piperidine rings is 1. The van der Waals surface area contributed by atoms with Crippen LogP contribution in [0.2, 0.25) is 0 Å². The van der Waals surface area contributed by atoms with E-state index < -0.39 is 29.0 Å². The average Bonchev–Trinajstić information content (AvgIpc) is 3.12. The predicted octanol–water partition coefficient (Wildman–Crippen LogP) is 4.21. The van der Waals surface area contributed by atoms with Crippen LogP contribution < -0.4 is 19.8 Å². The van der Waals surface area contributed by atoms with E-state index in [4.69, 9.17) is 14.2 Å². The van der Waals surface area contributed by atoms with Gasteiger partial charge in [0.2, 0.25) is 5.88 Å². The normalized spacial score (nSPS) is 17.9. The van der Waals surface area contributed by atoms with E-state index in [-0.39, 0.29) is 27.9 Å². The van der Waals surface area contributed by atoms with Gasteiger partial charge in [0.25, 0.3) is 11.5 Å². The fraction of sp³-hybridized carbons (Fsp3) is 0.444. The molecule has 2 N–H and O–H groups in total. The maximum atomic E-state index is 13.3.